The number of benzene rings is 1. The minimum absolute atomic E-state index is 0.133. The van der Waals surface area contributed by atoms with Crippen LogP contribution >= 0.6 is 0 Å². The molecule has 0 spiro atoms. The van der Waals surface area contributed by atoms with Gasteiger partial charge < -0.3 is 10.1 Å². The SMILES string of the molecule is CC(C)OC(=O)c1cccc(Nc2cncnc2)c1. The highest BCUT2D eigenvalue weighted by Gasteiger charge is 2.09. The van der Waals surface area contributed by atoms with Crippen molar-refractivity contribution in [2.45, 2.75) is 20.0 Å². The molecule has 1 N–H and O–H groups in total. The average molecular weight is 257 g/mol. The monoisotopic (exact) mass is 257 g/mol. The maximum Gasteiger partial charge on any atom is 0.338 e. The quantitative estimate of drug-likeness (QED) is 0.853. The molecule has 0 aliphatic heterocycles. The number of nitrogens with one attached hydrogen (secondary N) is 1. The summed E-state index contributed by atoms with van der Waals surface area (Å²) in [6.07, 6.45) is 4.64. The predicted octanol–water partition coefficient (Wildman–Crippen LogP) is 2.79. The Balaban J connectivity index is 2.13. The molecule has 0 amide bonds. The molecule has 0 fully saturated rings. The Hall–Kier alpha value is -2.43. The average Bonchev–Trinajstić information content (AvgIpc) is 2.39. The van der Waals surface area contributed by atoms with E-state index in [0.717, 1.165) is 11.4 Å². The van der Waals surface area contributed by atoms with Gasteiger partial charge in [0.1, 0.15) is 6.33 Å². The molecule has 98 valence electrons. The Bertz CT molecular complexity index is 556. The molecule has 0 bridgehead atoms. The number of hydrogen-bond donors (Lipinski definition) is 1. The molecule has 5 nitrogen and oxygen atoms in total. The van der Waals surface area contributed by atoms with Crippen LogP contribution in [0.25, 0.3) is 0 Å². The first-order valence-corrected chi connectivity index (χ1v) is 5.98. The molecule has 19 heavy (non-hydrogen) atoms. The van der Waals surface area contributed by atoms with E-state index in [1.165, 1.54) is 6.33 Å². The van der Waals surface area contributed by atoms with E-state index >= 15 is 0 Å². The van der Waals surface area contributed by atoms with Crippen LogP contribution in [0.4, 0.5) is 11.4 Å². The van der Waals surface area contributed by atoms with Gasteiger partial charge in [0, 0.05) is 5.69 Å². The Morgan fingerprint density at radius 1 is 1.21 bits per heavy atom. The molecule has 2 rings (SSSR count). The zero-order valence-electron chi connectivity index (χ0n) is 10.8. The largest absolute Gasteiger partial charge is 0.459 e. The van der Waals surface area contributed by atoms with E-state index in [2.05, 4.69) is 15.3 Å². The van der Waals surface area contributed by atoms with Gasteiger partial charge in [-0.25, -0.2) is 14.8 Å². The molecule has 2 aromatic rings. The number of rotatable bonds is 4. The highest BCUT2D eigenvalue weighted by atomic mass is 16.5. The molecule has 0 atom stereocenters. The normalized spacial score (nSPS) is 10.3. The lowest BCUT2D eigenvalue weighted by molar-refractivity contribution is 0.0378. The summed E-state index contributed by atoms with van der Waals surface area (Å²) in [7, 11) is 0. The zero-order valence-corrected chi connectivity index (χ0v) is 10.8. The van der Waals surface area contributed by atoms with E-state index in [1.54, 1.807) is 30.6 Å². The maximum atomic E-state index is 11.8. The molecule has 1 aromatic carbocycles. The number of nitrogens with zero attached hydrogens (tertiary/aromatic N) is 2. The topological polar surface area (TPSA) is 64.1 Å². The van der Waals surface area contributed by atoms with Crippen LogP contribution in [0.3, 0.4) is 0 Å². The third-order valence-corrected chi connectivity index (χ3v) is 2.29. The van der Waals surface area contributed by atoms with Crippen molar-refractivity contribution < 1.29 is 9.53 Å². The number of carbonyl (C=O) groups excluding carboxylic acids is 1. The van der Waals surface area contributed by atoms with Crippen LogP contribution in [0.5, 0.6) is 0 Å². The van der Waals surface area contributed by atoms with Gasteiger partial charge in [0.2, 0.25) is 0 Å². The van der Waals surface area contributed by atoms with Gasteiger partial charge in [0.25, 0.3) is 0 Å². The lowest BCUT2D eigenvalue weighted by atomic mass is 10.2. The molecule has 0 saturated carbocycles. The summed E-state index contributed by atoms with van der Waals surface area (Å²) in [6.45, 7) is 3.64. The Morgan fingerprint density at radius 2 is 1.95 bits per heavy atom. The highest BCUT2D eigenvalue weighted by molar-refractivity contribution is 5.90. The van der Waals surface area contributed by atoms with Crippen LogP contribution in [-0.4, -0.2) is 22.0 Å². The number of ether oxygens (including phenoxy) is 1. The first kappa shape index (κ1) is 13.0. The van der Waals surface area contributed by atoms with Gasteiger partial charge in [0.05, 0.1) is 29.7 Å². The van der Waals surface area contributed by atoms with Crippen LogP contribution in [0, 0.1) is 0 Å². The predicted molar refractivity (Wildman–Crippen MR) is 72.3 cm³/mol. The van der Waals surface area contributed by atoms with Crippen LogP contribution in [0.2, 0.25) is 0 Å². The Labute approximate surface area is 111 Å². The van der Waals surface area contributed by atoms with E-state index in [9.17, 15) is 4.79 Å². The fourth-order valence-corrected chi connectivity index (χ4v) is 1.54. The molecule has 0 radical (unpaired) electrons. The third-order valence-electron chi connectivity index (χ3n) is 2.29. The highest BCUT2D eigenvalue weighted by Crippen LogP contribution is 2.17. The second kappa shape index (κ2) is 5.95. The Morgan fingerprint density at radius 3 is 2.63 bits per heavy atom. The van der Waals surface area contributed by atoms with Crippen LogP contribution in [-0.2, 0) is 4.74 Å². The van der Waals surface area contributed by atoms with Crippen molar-refractivity contribution in [3.8, 4) is 0 Å². The zero-order chi connectivity index (χ0) is 13.7. The van der Waals surface area contributed by atoms with Crippen molar-refractivity contribution in [3.63, 3.8) is 0 Å². The van der Waals surface area contributed by atoms with E-state index < -0.39 is 0 Å². The van der Waals surface area contributed by atoms with E-state index in [4.69, 9.17) is 4.74 Å². The van der Waals surface area contributed by atoms with Crippen LogP contribution in [0.15, 0.2) is 43.0 Å². The van der Waals surface area contributed by atoms with E-state index in [-0.39, 0.29) is 12.1 Å². The summed E-state index contributed by atoms with van der Waals surface area (Å²) in [4.78, 5) is 19.6. The van der Waals surface area contributed by atoms with Crippen molar-refractivity contribution >= 4 is 17.3 Å². The molecule has 0 saturated heterocycles. The molecule has 0 aliphatic carbocycles. The number of anilines is 2. The molecule has 1 aromatic heterocycles. The number of hydrogen-bond acceptors (Lipinski definition) is 5. The van der Waals surface area contributed by atoms with Gasteiger partial charge in [-0.3, -0.25) is 0 Å². The fraction of sp³-hybridized carbons (Fsp3) is 0.214. The van der Waals surface area contributed by atoms with Gasteiger partial charge in [-0.2, -0.15) is 0 Å². The summed E-state index contributed by atoms with van der Waals surface area (Å²) in [5, 5.41) is 3.12. The first-order chi connectivity index (χ1) is 9.15. The standard InChI is InChI=1S/C14H15N3O2/c1-10(2)19-14(18)11-4-3-5-12(6-11)17-13-7-15-9-16-8-13/h3-10,17H,1-2H3. The van der Waals surface area contributed by atoms with Crippen molar-refractivity contribution in [2.75, 3.05) is 5.32 Å². The smallest absolute Gasteiger partial charge is 0.338 e. The summed E-state index contributed by atoms with van der Waals surface area (Å²) in [6, 6.07) is 7.11. The van der Waals surface area contributed by atoms with Crippen molar-refractivity contribution in [2.24, 2.45) is 0 Å². The Kier molecular flexibility index (Phi) is 4.07. The lowest BCUT2D eigenvalue weighted by Gasteiger charge is -2.10. The van der Waals surface area contributed by atoms with E-state index in [1.807, 2.05) is 19.9 Å². The molecule has 0 unspecified atom stereocenters. The number of esters is 1. The minimum Gasteiger partial charge on any atom is -0.459 e. The number of carbonyl (C=O) groups is 1. The summed E-state index contributed by atoms with van der Waals surface area (Å²) in [5.41, 5.74) is 2.06. The minimum atomic E-state index is -0.331. The van der Waals surface area contributed by atoms with Gasteiger partial charge in [-0.05, 0) is 32.0 Å². The van der Waals surface area contributed by atoms with Crippen molar-refractivity contribution in [1.82, 2.24) is 9.97 Å². The fourth-order valence-electron chi connectivity index (χ4n) is 1.54. The molecular formula is C14H15N3O2. The van der Waals surface area contributed by atoms with Crippen LogP contribution < -0.4 is 5.32 Å². The van der Waals surface area contributed by atoms with Gasteiger partial charge in [-0.1, -0.05) is 6.07 Å². The summed E-state index contributed by atoms with van der Waals surface area (Å²) >= 11 is 0. The van der Waals surface area contributed by atoms with E-state index in [0.29, 0.717) is 5.56 Å². The first-order valence-electron chi connectivity index (χ1n) is 5.98. The molecule has 5 heteroatoms. The van der Waals surface area contributed by atoms with Gasteiger partial charge >= 0.3 is 5.97 Å². The molecular weight excluding hydrogens is 242 g/mol. The van der Waals surface area contributed by atoms with Crippen molar-refractivity contribution in [1.29, 1.82) is 0 Å². The number of aromatic nitrogens is 2. The van der Waals surface area contributed by atoms with Gasteiger partial charge in [-0.15, -0.1) is 0 Å². The van der Waals surface area contributed by atoms with Crippen LogP contribution in [0.1, 0.15) is 24.2 Å². The third kappa shape index (κ3) is 3.77. The molecule has 0 aliphatic rings. The lowest BCUT2D eigenvalue weighted by Crippen LogP contribution is -2.11. The molecule has 1 heterocycles. The second-order valence-corrected chi connectivity index (χ2v) is 4.29. The summed E-state index contributed by atoms with van der Waals surface area (Å²) < 4.78 is 5.15. The second-order valence-electron chi connectivity index (χ2n) is 4.29. The summed E-state index contributed by atoms with van der Waals surface area (Å²) in [5.74, 6) is -0.331. The van der Waals surface area contributed by atoms with Crippen molar-refractivity contribution in [3.05, 3.63) is 48.5 Å². The van der Waals surface area contributed by atoms with Gasteiger partial charge in [0.15, 0.2) is 0 Å². The maximum absolute atomic E-state index is 11.8.